The molecule has 0 bridgehead atoms. The average molecular weight is 239 g/mol. The minimum Gasteiger partial charge on any atom is -0.508 e. The van der Waals surface area contributed by atoms with Crippen molar-refractivity contribution in [2.75, 3.05) is 0 Å². The molecule has 68 valence electrons. The first-order valence-electron chi connectivity index (χ1n) is 3.94. The first-order chi connectivity index (χ1) is 5.97. The zero-order valence-electron chi connectivity index (χ0n) is 7.63. The molecule has 1 aromatic carbocycles. The maximum atomic E-state index is 9.31. The molecule has 0 saturated carbocycles. The number of phenolic OH excluding ortho intramolecular Hbond substituents is 1. The monoisotopic (exact) mass is 238 g/mol. The van der Waals surface area contributed by atoms with Crippen molar-refractivity contribution in [1.82, 2.24) is 0 Å². The van der Waals surface area contributed by atoms with Gasteiger partial charge in [-0.2, -0.15) is 0 Å². The van der Waals surface area contributed by atoms with Gasteiger partial charge < -0.3 is 5.11 Å². The third-order valence-corrected chi connectivity index (χ3v) is 2.68. The summed E-state index contributed by atoms with van der Waals surface area (Å²) in [4.78, 5) is 0. The third kappa shape index (κ3) is 2.05. The van der Waals surface area contributed by atoms with Crippen molar-refractivity contribution in [3.05, 3.63) is 28.2 Å². The zero-order valence-corrected chi connectivity index (χ0v) is 9.22. The molecule has 0 radical (unpaired) electrons. The van der Waals surface area contributed by atoms with E-state index in [1.165, 1.54) is 0 Å². The summed E-state index contributed by atoms with van der Waals surface area (Å²) in [5.74, 6) is 2.92. The highest BCUT2D eigenvalue weighted by atomic mass is 79.9. The van der Waals surface area contributed by atoms with Crippen LogP contribution in [-0.2, 0) is 5.41 Å². The van der Waals surface area contributed by atoms with E-state index in [9.17, 15) is 5.11 Å². The highest BCUT2D eigenvalue weighted by Crippen LogP contribution is 2.32. The molecule has 2 heteroatoms. The number of aromatic hydroxyl groups is 1. The zero-order chi connectivity index (χ0) is 10.1. The van der Waals surface area contributed by atoms with E-state index < -0.39 is 0 Å². The van der Waals surface area contributed by atoms with Crippen LogP contribution in [0.1, 0.15) is 19.4 Å². The Bertz CT molecular complexity index is 361. The maximum absolute atomic E-state index is 9.31. The molecule has 13 heavy (non-hydrogen) atoms. The number of phenols is 1. The Morgan fingerprint density at radius 2 is 2.08 bits per heavy atom. The fourth-order valence-corrected chi connectivity index (χ4v) is 1.81. The molecule has 0 aromatic heterocycles. The lowest BCUT2D eigenvalue weighted by Crippen LogP contribution is -2.14. The quantitative estimate of drug-likeness (QED) is 0.746. The Kier molecular flexibility index (Phi) is 2.68. The van der Waals surface area contributed by atoms with Crippen LogP contribution in [0.3, 0.4) is 0 Å². The second kappa shape index (κ2) is 3.43. The Morgan fingerprint density at radius 3 is 2.62 bits per heavy atom. The molecule has 0 heterocycles. The molecule has 0 aliphatic rings. The van der Waals surface area contributed by atoms with E-state index in [1.54, 1.807) is 18.2 Å². The highest BCUT2D eigenvalue weighted by Gasteiger charge is 2.20. The summed E-state index contributed by atoms with van der Waals surface area (Å²) in [5.41, 5.74) is 0.562. The normalized spacial score (nSPS) is 10.9. The molecule has 1 aromatic rings. The van der Waals surface area contributed by atoms with Crippen LogP contribution in [0.15, 0.2) is 22.7 Å². The number of terminal acetylenes is 1. The smallest absolute Gasteiger partial charge is 0.115 e. The van der Waals surface area contributed by atoms with Gasteiger partial charge in [0, 0.05) is 4.47 Å². The van der Waals surface area contributed by atoms with Gasteiger partial charge in [-0.1, -0.05) is 21.9 Å². The lowest BCUT2D eigenvalue weighted by atomic mass is 9.86. The van der Waals surface area contributed by atoms with Crippen molar-refractivity contribution >= 4 is 15.9 Å². The molecular formula is C11H11BrO. The second-order valence-corrected chi connectivity index (χ2v) is 4.29. The van der Waals surface area contributed by atoms with E-state index in [0.29, 0.717) is 0 Å². The molecule has 0 fully saturated rings. The van der Waals surface area contributed by atoms with Gasteiger partial charge in [-0.05, 0) is 37.6 Å². The van der Waals surface area contributed by atoms with Gasteiger partial charge in [-0.25, -0.2) is 0 Å². The molecule has 0 aliphatic heterocycles. The van der Waals surface area contributed by atoms with Crippen molar-refractivity contribution in [3.63, 3.8) is 0 Å². The van der Waals surface area contributed by atoms with E-state index in [1.807, 2.05) is 13.8 Å². The molecule has 0 spiro atoms. The van der Waals surface area contributed by atoms with Gasteiger partial charge in [0.2, 0.25) is 0 Å². The van der Waals surface area contributed by atoms with Crippen LogP contribution >= 0.6 is 15.9 Å². The maximum Gasteiger partial charge on any atom is 0.115 e. The minimum atomic E-state index is -0.364. The molecule has 1 rings (SSSR count). The van der Waals surface area contributed by atoms with Crippen molar-refractivity contribution in [1.29, 1.82) is 0 Å². The fraction of sp³-hybridized carbons (Fsp3) is 0.273. The number of hydrogen-bond acceptors (Lipinski definition) is 1. The predicted molar refractivity (Wildman–Crippen MR) is 57.7 cm³/mol. The van der Waals surface area contributed by atoms with Gasteiger partial charge in [-0.15, -0.1) is 6.42 Å². The molecule has 0 atom stereocenters. The first kappa shape index (κ1) is 10.1. The molecule has 0 unspecified atom stereocenters. The summed E-state index contributed by atoms with van der Waals surface area (Å²) >= 11 is 3.40. The number of hydrogen-bond donors (Lipinski definition) is 1. The summed E-state index contributed by atoms with van der Waals surface area (Å²) in [7, 11) is 0. The van der Waals surface area contributed by atoms with Crippen molar-refractivity contribution in [2.24, 2.45) is 0 Å². The summed E-state index contributed by atoms with van der Waals surface area (Å²) in [6, 6.07) is 5.11. The molecule has 1 N–H and O–H groups in total. The number of rotatable bonds is 1. The van der Waals surface area contributed by atoms with Gasteiger partial charge in [0.05, 0.1) is 5.41 Å². The minimum absolute atomic E-state index is 0.238. The van der Waals surface area contributed by atoms with E-state index in [-0.39, 0.29) is 11.2 Å². The van der Waals surface area contributed by atoms with Gasteiger partial charge in [-0.3, -0.25) is 0 Å². The van der Waals surface area contributed by atoms with Gasteiger partial charge in [0.1, 0.15) is 5.75 Å². The van der Waals surface area contributed by atoms with Gasteiger partial charge in [0.15, 0.2) is 0 Å². The van der Waals surface area contributed by atoms with Crippen LogP contribution in [0, 0.1) is 12.3 Å². The van der Waals surface area contributed by atoms with Gasteiger partial charge in [0.25, 0.3) is 0 Å². The summed E-state index contributed by atoms with van der Waals surface area (Å²) in [5, 5.41) is 9.31. The second-order valence-electron chi connectivity index (χ2n) is 3.43. The molecule has 1 nitrogen and oxygen atoms in total. The molecular weight excluding hydrogens is 228 g/mol. The van der Waals surface area contributed by atoms with Gasteiger partial charge >= 0.3 is 0 Å². The number of halogens is 1. The Hall–Kier alpha value is -0.940. The van der Waals surface area contributed by atoms with Crippen LogP contribution in [0.4, 0.5) is 0 Å². The van der Waals surface area contributed by atoms with E-state index in [4.69, 9.17) is 6.42 Å². The van der Waals surface area contributed by atoms with Crippen molar-refractivity contribution in [3.8, 4) is 18.1 Å². The summed E-state index contributed by atoms with van der Waals surface area (Å²) < 4.78 is 0.924. The largest absolute Gasteiger partial charge is 0.508 e. The van der Waals surface area contributed by atoms with Crippen LogP contribution in [0.5, 0.6) is 5.75 Å². The summed E-state index contributed by atoms with van der Waals surface area (Å²) in [6.07, 6.45) is 5.40. The Morgan fingerprint density at radius 1 is 1.46 bits per heavy atom. The standard InChI is InChI=1S/C11H11BrO/c1-4-11(2,3)9-7-8(13)5-6-10(9)12/h1,5-7,13H,2-3H3. The molecule has 0 aliphatic carbocycles. The highest BCUT2D eigenvalue weighted by molar-refractivity contribution is 9.10. The van der Waals surface area contributed by atoms with Crippen LogP contribution < -0.4 is 0 Å². The van der Waals surface area contributed by atoms with Crippen molar-refractivity contribution < 1.29 is 5.11 Å². The summed E-state index contributed by atoms with van der Waals surface area (Å²) in [6.45, 7) is 3.87. The lowest BCUT2D eigenvalue weighted by molar-refractivity contribution is 0.473. The predicted octanol–water partition coefficient (Wildman–Crippen LogP) is 3.07. The van der Waals surface area contributed by atoms with Crippen LogP contribution in [0.25, 0.3) is 0 Å². The van der Waals surface area contributed by atoms with E-state index in [0.717, 1.165) is 10.0 Å². The third-order valence-electron chi connectivity index (χ3n) is 1.98. The lowest BCUT2D eigenvalue weighted by Gasteiger charge is -2.19. The van der Waals surface area contributed by atoms with E-state index >= 15 is 0 Å². The number of benzene rings is 1. The van der Waals surface area contributed by atoms with Crippen molar-refractivity contribution in [2.45, 2.75) is 19.3 Å². The average Bonchev–Trinajstić information content (AvgIpc) is 2.09. The van der Waals surface area contributed by atoms with Crippen LogP contribution in [0.2, 0.25) is 0 Å². The SMILES string of the molecule is C#CC(C)(C)c1cc(O)ccc1Br. The van der Waals surface area contributed by atoms with Crippen LogP contribution in [-0.4, -0.2) is 5.11 Å². The Balaban J connectivity index is 3.30. The van der Waals surface area contributed by atoms with E-state index in [2.05, 4.69) is 21.9 Å². The molecule has 0 amide bonds. The molecule has 0 saturated heterocycles. The fourth-order valence-electron chi connectivity index (χ4n) is 1.07. The topological polar surface area (TPSA) is 20.2 Å². The first-order valence-corrected chi connectivity index (χ1v) is 4.73. The Labute approximate surface area is 86.9 Å².